The molecule has 4 heteroatoms. The van der Waals surface area contributed by atoms with Crippen molar-refractivity contribution in [1.29, 1.82) is 0 Å². The third kappa shape index (κ3) is 4.47. The summed E-state index contributed by atoms with van der Waals surface area (Å²) in [5.74, 6) is 6.18. The van der Waals surface area contributed by atoms with E-state index >= 15 is 0 Å². The van der Waals surface area contributed by atoms with Gasteiger partial charge in [0.2, 0.25) is 0 Å². The molecular weight excluding hydrogens is 222 g/mol. The smallest absolute Gasteiger partial charge is 0.0419 e. The first kappa shape index (κ1) is 13.4. The number of nitrogens with one attached hydrogen (secondary N) is 1. The molecule has 1 rings (SSSR count). The van der Waals surface area contributed by atoms with Gasteiger partial charge < -0.3 is 0 Å². The van der Waals surface area contributed by atoms with Crippen LogP contribution in [0.1, 0.15) is 31.0 Å². The average Bonchev–Trinajstić information content (AvgIpc) is 2.35. The summed E-state index contributed by atoms with van der Waals surface area (Å²) < 4.78 is 0. The number of hydrogen-bond acceptors (Lipinski definition) is 3. The second-order valence-corrected chi connectivity index (χ2v) is 4.29. The van der Waals surface area contributed by atoms with Gasteiger partial charge in [-0.2, -0.15) is 0 Å². The minimum absolute atomic E-state index is 0.263. The molecule has 0 radical (unpaired) electrons. The number of halogens is 1. The first-order chi connectivity index (χ1) is 7.80. The van der Waals surface area contributed by atoms with Crippen molar-refractivity contribution in [1.82, 2.24) is 10.4 Å². The second kappa shape index (κ2) is 7.60. The number of aromatic nitrogens is 1. The standard InChI is InChI=1S/C12H20ClN3/c1-2-10-5-6-11(15-9-10)8-12(16-14)4-3-7-13/h5-6,9,12,16H,2-4,7-8,14H2,1H3. The Hall–Kier alpha value is -0.640. The number of nitrogens with zero attached hydrogens (tertiary/aromatic N) is 1. The highest BCUT2D eigenvalue weighted by molar-refractivity contribution is 6.17. The van der Waals surface area contributed by atoms with Crippen LogP contribution in [0.25, 0.3) is 0 Å². The Morgan fingerprint density at radius 1 is 1.50 bits per heavy atom. The monoisotopic (exact) mass is 241 g/mol. The molecule has 1 aromatic rings. The fourth-order valence-corrected chi connectivity index (χ4v) is 1.76. The Bertz CT molecular complexity index is 287. The van der Waals surface area contributed by atoms with Crippen LogP contribution in [0, 0.1) is 0 Å². The van der Waals surface area contributed by atoms with E-state index < -0.39 is 0 Å². The van der Waals surface area contributed by atoms with Gasteiger partial charge in [-0.05, 0) is 30.9 Å². The molecule has 3 nitrogen and oxygen atoms in total. The van der Waals surface area contributed by atoms with E-state index in [1.165, 1.54) is 5.56 Å². The Labute approximate surface area is 102 Å². The maximum atomic E-state index is 5.66. The molecule has 0 saturated carbocycles. The van der Waals surface area contributed by atoms with Crippen LogP contribution in [-0.2, 0) is 12.8 Å². The summed E-state index contributed by atoms with van der Waals surface area (Å²) in [5, 5.41) is 0. The van der Waals surface area contributed by atoms with Crippen molar-refractivity contribution in [2.24, 2.45) is 5.84 Å². The van der Waals surface area contributed by atoms with Crippen LogP contribution in [0.3, 0.4) is 0 Å². The minimum atomic E-state index is 0.263. The summed E-state index contributed by atoms with van der Waals surface area (Å²) in [4.78, 5) is 4.42. The number of aryl methyl sites for hydroxylation is 1. The molecular formula is C12H20ClN3. The number of rotatable bonds is 7. The van der Waals surface area contributed by atoms with Gasteiger partial charge in [0.1, 0.15) is 0 Å². The number of alkyl halides is 1. The lowest BCUT2D eigenvalue weighted by atomic mass is 10.1. The Morgan fingerprint density at radius 2 is 2.31 bits per heavy atom. The molecule has 1 heterocycles. The van der Waals surface area contributed by atoms with E-state index in [0.717, 1.165) is 31.4 Å². The zero-order valence-corrected chi connectivity index (χ0v) is 10.5. The van der Waals surface area contributed by atoms with Crippen LogP contribution in [0.4, 0.5) is 0 Å². The predicted octanol–water partition coefficient (Wildman–Crippen LogP) is 2.04. The number of pyridine rings is 1. The fraction of sp³-hybridized carbons (Fsp3) is 0.583. The summed E-state index contributed by atoms with van der Waals surface area (Å²) in [6, 6.07) is 4.46. The molecule has 0 aliphatic rings. The van der Waals surface area contributed by atoms with Gasteiger partial charge in [-0.3, -0.25) is 16.3 Å². The zero-order chi connectivity index (χ0) is 11.8. The van der Waals surface area contributed by atoms with Gasteiger partial charge in [-0.25, -0.2) is 0 Å². The van der Waals surface area contributed by atoms with E-state index in [0.29, 0.717) is 5.88 Å². The van der Waals surface area contributed by atoms with E-state index in [9.17, 15) is 0 Å². The van der Waals surface area contributed by atoms with Crippen molar-refractivity contribution in [3.8, 4) is 0 Å². The lowest BCUT2D eigenvalue weighted by Crippen LogP contribution is -2.37. The van der Waals surface area contributed by atoms with E-state index in [1.807, 2.05) is 6.20 Å². The highest BCUT2D eigenvalue weighted by atomic mass is 35.5. The Kier molecular flexibility index (Phi) is 6.38. The maximum absolute atomic E-state index is 5.66. The predicted molar refractivity (Wildman–Crippen MR) is 68.4 cm³/mol. The van der Waals surface area contributed by atoms with Gasteiger partial charge in [-0.15, -0.1) is 11.6 Å². The number of nitrogens with two attached hydrogens (primary N) is 1. The van der Waals surface area contributed by atoms with E-state index in [-0.39, 0.29) is 6.04 Å². The largest absolute Gasteiger partial charge is 0.271 e. The topological polar surface area (TPSA) is 50.9 Å². The lowest BCUT2D eigenvalue weighted by Gasteiger charge is -2.14. The van der Waals surface area contributed by atoms with Crippen molar-refractivity contribution in [3.05, 3.63) is 29.6 Å². The SMILES string of the molecule is CCc1ccc(CC(CCCCl)NN)nc1. The minimum Gasteiger partial charge on any atom is -0.271 e. The molecule has 0 aliphatic carbocycles. The van der Waals surface area contributed by atoms with Crippen LogP contribution in [0.2, 0.25) is 0 Å². The first-order valence-electron chi connectivity index (χ1n) is 5.76. The van der Waals surface area contributed by atoms with Crippen molar-refractivity contribution in [2.45, 2.75) is 38.6 Å². The summed E-state index contributed by atoms with van der Waals surface area (Å²) in [7, 11) is 0. The van der Waals surface area contributed by atoms with Crippen molar-refractivity contribution in [2.75, 3.05) is 5.88 Å². The van der Waals surface area contributed by atoms with Crippen LogP contribution >= 0.6 is 11.6 Å². The summed E-state index contributed by atoms with van der Waals surface area (Å²) >= 11 is 5.66. The third-order valence-corrected chi connectivity index (χ3v) is 2.94. The molecule has 3 N–H and O–H groups in total. The molecule has 90 valence electrons. The van der Waals surface area contributed by atoms with Gasteiger partial charge >= 0.3 is 0 Å². The Balaban J connectivity index is 2.49. The number of hydrazine groups is 1. The highest BCUT2D eigenvalue weighted by Crippen LogP contribution is 2.07. The molecule has 0 aliphatic heterocycles. The van der Waals surface area contributed by atoms with Crippen LogP contribution in [0.15, 0.2) is 18.3 Å². The third-order valence-electron chi connectivity index (χ3n) is 2.67. The first-order valence-corrected chi connectivity index (χ1v) is 6.29. The van der Waals surface area contributed by atoms with Gasteiger partial charge in [0.05, 0.1) is 0 Å². The van der Waals surface area contributed by atoms with Crippen molar-refractivity contribution in [3.63, 3.8) is 0 Å². The molecule has 0 fully saturated rings. The van der Waals surface area contributed by atoms with Crippen LogP contribution < -0.4 is 11.3 Å². The van der Waals surface area contributed by atoms with Crippen LogP contribution in [0.5, 0.6) is 0 Å². The summed E-state index contributed by atoms with van der Waals surface area (Å²) in [6.07, 6.45) is 5.78. The molecule has 1 atom stereocenters. The van der Waals surface area contributed by atoms with E-state index in [2.05, 4.69) is 29.5 Å². The molecule has 0 spiro atoms. The lowest BCUT2D eigenvalue weighted by molar-refractivity contribution is 0.483. The van der Waals surface area contributed by atoms with Crippen molar-refractivity contribution >= 4 is 11.6 Å². The highest BCUT2D eigenvalue weighted by Gasteiger charge is 2.07. The molecule has 16 heavy (non-hydrogen) atoms. The molecule has 0 saturated heterocycles. The van der Waals surface area contributed by atoms with Gasteiger partial charge in [-0.1, -0.05) is 13.0 Å². The van der Waals surface area contributed by atoms with Gasteiger partial charge in [0.15, 0.2) is 0 Å². The molecule has 0 aromatic carbocycles. The molecule has 0 amide bonds. The molecule has 1 unspecified atom stereocenters. The molecule has 0 bridgehead atoms. The zero-order valence-electron chi connectivity index (χ0n) is 9.75. The number of hydrogen-bond donors (Lipinski definition) is 2. The Morgan fingerprint density at radius 3 is 2.81 bits per heavy atom. The summed E-state index contributed by atoms with van der Waals surface area (Å²) in [6.45, 7) is 2.13. The van der Waals surface area contributed by atoms with Gasteiger partial charge in [0, 0.05) is 30.2 Å². The van der Waals surface area contributed by atoms with Crippen LogP contribution in [-0.4, -0.2) is 16.9 Å². The fourth-order valence-electron chi connectivity index (χ4n) is 1.61. The maximum Gasteiger partial charge on any atom is 0.0419 e. The van der Waals surface area contributed by atoms with E-state index in [1.54, 1.807) is 0 Å². The average molecular weight is 242 g/mol. The normalized spacial score (nSPS) is 12.7. The summed E-state index contributed by atoms with van der Waals surface area (Å²) in [5.41, 5.74) is 5.16. The van der Waals surface area contributed by atoms with E-state index in [4.69, 9.17) is 17.4 Å². The van der Waals surface area contributed by atoms with Gasteiger partial charge in [0.25, 0.3) is 0 Å². The molecule has 1 aromatic heterocycles. The van der Waals surface area contributed by atoms with Crippen molar-refractivity contribution < 1.29 is 0 Å². The second-order valence-electron chi connectivity index (χ2n) is 3.91. The quantitative estimate of drug-likeness (QED) is 0.436.